The lowest BCUT2D eigenvalue weighted by molar-refractivity contribution is -0.120. The molecule has 1 aliphatic heterocycles. The summed E-state index contributed by atoms with van der Waals surface area (Å²) in [5.74, 6) is 1.98. The summed E-state index contributed by atoms with van der Waals surface area (Å²) in [7, 11) is 0. The fourth-order valence-corrected chi connectivity index (χ4v) is 3.38. The number of nitrogens with one attached hydrogen (secondary N) is 1. The monoisotopic (exact) mass is 373 g/mol. The van der Waals surface area contributed by atoms with Crippen LogP contribution in [0.4, 0.5) is 4.39 Å². The number of carbonyl (C=O) groups is 1. The van der Waals surface area contributed by atoms with Crippen LogP contribution >= 0.6 is 0 Å². The molecule has 0 radical (unpaired) electrons. The Kier molecular flexibility index (Phi) is 6.55. The van der Waals surface area contributed by atoms with Crippen molar-refractivity contribution in [3.8, 4) is 0 Å². The van der Waals surface area contributed by atoms with Crippen LogP contribution < -0.4 is 5.32 Å². The number of nitrogens with zero attached hydrogens (tertiary/aromatic N) is 4. The summed E-state index contributed by atoms with van der Waals surface area (Å²) in [6, 6.07) is 6.12. The molecule has 0 unspecified atom stereocenters. The quantitative estimate of drug-likeness (QED) is 0.808. The number of aromatic nitrogens is 3. The molecule has 7 heteroatoms. The van der Waals surface area contributed by atoms with Crippen molar-refractivity contribution >= 4 is 5.91 Å². The van der Waals surface area contributed by atoms with Crippen LogP contribution in [0, 0.1) is 11.7 Å². The Labute approximate surface area is 159 Å². The lowest BCUT2D eigenvalue weighted by atomic mass is 10.1. The zero-order valence-electron chi connectivity index (χ0n) is 16.1. The van der Waals surface area contributed by atoms with E-state index in [0.29, 0.717) is 18.0 Å². The summed E-state index contributed by atoms with van der Waals surface area (Å²) in [5.41, 5.74) is 0.660. The Morgan fingerprint density at radius 1 is 1.30 bits per heavy atom. The third-order valence-electron chi connectivity index (χ3n) is 5.16. The predicted molar refractivity (Wildman–Crippen MR) is 102 cm³/mol. The van der Waals surface area contributed by atoms with Crippen molar-refractivity contribution in [3.63, 3.8) is 0 Å². The molecule has 0 saturated heterocycles. The van der Waals surface area contributed by atoms with Gasteiger partial charge < -0.3 is 14.8 Å². The van der Waals surface area contributed by atoms with Gasteiger partial charge >= 0.3 is 0 Å². The lowest BCUT2D eigenvalue weighted by Crippen LogP contribution is -2.31. The van der Waals surface area contributed by atoms with Crippen LogP contribution in [0.15, 0.2) is 24.3 Å². The molecule has 3 rings (SSSR count). The molecular weight excluding hydrogens is 345 g/mol. The molecule has 1 aromatic carbocycles. The van der Waals surface area contributed by atoms with E-state index in [4.69, 9.17) is 0 Å². The van der Waals surface area contributed by atoms with Crippen molar-refractivity contribution in [1.82, 2.24) is 25.0 Å². The van der Waals surface area contributed by atoms with Gasteiger partial charge in [-0.1, -0.05) is 32.4 Å². The fourth-order valence-electron chi connectivity index (χ4n) is 3.38. The first kappa shape index (κ1) is 19.5. The maximum Gasteiger partial charge on any atom is 0.224 e. The Morgan fingerprint density at radius 3 is 2.93 bits per heavy atom. The van der Waals surface area contributed by atoms with Gasteiger partial charge in [-0.15, -0.1) is 10.2 Å². The van der Waals surface area contributed by atoms with E-state index in [0.717, 1.165) is 44.2 Å². The summed E-state index contributed by atoms with van der Waals surface area (Å²) >= 11 is 0. The molecule has 1 aliphatic rings. The van der Waals surface area contributed by atoms with Crippen molar-refractivity contribution in [2.75, 3.05) is 19.6 Å². The van der Waals surface area contributed by atoms with E-state index in [-0.39, 0.29) is 18.1 Å². The summed E-state index contributed by atoms with van der Waals surface area (Å²) in [6.07, 6.45) is 2.22. The lowest BCUT2D eigenvalue weighted by Gasteiger charge is -2.22. The average Bonchev–Trinajstić information content (AvgIpc) is 2.93. The summed E-state index contributed by atoms with van der Waals surface area (Å²) in [6.45, 7) is 8.76. The molecule has 0 fully saturated rings. The number of hydrogen-bond donors (Lipinski definition) is 1. The molecule has 0 spiro atoms. The highest BCUT2D eigenvalue weighted by molar-refractivity contribution is 5.78. The maximum absolute atomic E-state index is 13.2. The maximum atomic E-state index is 13.2. The molecule has 2 aromatic rings. The number of amides is 1. The molecule has 1 atom stereocenters. The van der Waals surface area contributed by atoms with Crippen LogP contribution in [0.2, 0.25) is 0 Å². The minimum absolute atomic E-state index is 0.148. The van der Waals surface area contributed by atoms with Gasteiger partial charge in [-0.25, -0.2) is 4.39 Å². The SMILES string of the molecule is CC[C@H](C)CN1CCc2nnc(CNC(=O)Cc3cccc(F)c3)n2CC1. The number of benzene rings is 1. The molecule has 0 bridgehead atoms. The van der Waals surface area contributed by atoms with Crippen LogP contribution in [-0.4, -0.2) is 45.2 Å². The van der Waals surface area contributed by atoms with Gasteiger partial charge in [0.15, 0.2) is 5.82 Å². The fraction of sp³-hybridized carbons (Fsp3) is 0.550. The smallest absolute Gasteiger partial charge is 0.224 e. The van der Waals surface area contributed by atoms with E-state index in [1.807, 2.05) is 0 Å². The molecule has 0 saturated carbocycles. The van der Waals surface area contributed by atoms with Gasteiger partial charge in [0.05, 0.1) is 13.0 Å². The van der Waals surface area contributed by atoms with E-state index in [9.17, 15) is 9.18 Å². The summed E-state index contributed by atoms with van der Waals surface area (Å²) in [5, 5.41) is 11.4. The third kappa shape index (κ3) is 5.35. The standard InChI is InChI=1S/C20H28FN5O/c1-3-15(2)14-25-8-7-18-23-24-19(26(18)10-9-25)13-22-20(27)12-16-5-4-6-17(21)11-16/h4-6,11,15H,3,7-10,12-14H2,1-2H3,(H,22,27)/t15-/m0/s1. The molecule has 2 heterocycles. The predicted octanol–water partition coefficient (Wildman–Crippen LogP) is 2.18. The second kappa shape index (κ2) is 9.08. The summed E-state index contributed by atoms with van der Waals surface area (Å²) in [4.78, 5) is 14.6. The number of fused-ring (bicyclic) bond motifs is 1. The highest BCUT2D eigenvalue weighted by Gasteiger charge is 2.19. The minimum atomic E-state index is -0.329. The minimum Gasteiger partial charge on any atom is -0.349 e. The van der Waals surface area contributed by atoms with Crippen LogP contribution in [0.5, 0.6) is 0 Å². The molecule has 6 nitrogen and oxygen atoms in total. The van der Waals surface area contributed by atoms with E-state index in [2.05, 4.69) is 38.8 Å². The Bertz CT molecular complexity index is 775. The molecule has 1 amide bonds. The molecular formula is C20H28FN5O. The Hall–Kier alpha value is -2.28. The zero-order valence-corrected chi connectivity index (χ0v) is 16.1. The highest BCUT2D eigenvalue weighted by Crippen LogP contribution is 2.12. The van der Waals surface area contributed by atoms with Gasteiger partial charge in [-0.2, -0.15) is 0 Å². The van der Waals surface area contributed by atoms with E-state index in [1.54, 1.807) is 12.1 Å². The van der Waals surface area contributed by atoms with Gasteiger partial charge in [0.1, 0.15) is 11.6 Å². The average molecular weight is 373 g/mol. The van der Waals surface area contributed by atoms with Gasteiger partial charge in [0, 0.05) is 32.6 Å². The number of carbonyl (C=O) groups excluding carboxylic acids is 1. The van der Waals surface area contributed by atoms with E-state index >= 15 is 0 Å². The van der Waals surface area contributed by atoms with Crippen LogP contribution in [-0.2, 0) is 30.7 Å². The topological polar surface area (TPSA) is 63.1 Å². The first-order valence-corrected chi connectivity index (χ1v) is 9.69. The Morgan fingerprint density at radius 2 is 2.15 bits per heavy atom. The van der Waals surface area contributed by atoms with Crippen LogP contribution in [0.25, 0.3) is 0 Å². The van der Waals surface area contributed by atoms with Crippen LogP contribution in [0.1, 0.15) is 37.5 Å². The summed E-state index contributed by atoms with van der Waals surface area (Å²) < 4.78 is 15.4. The molecule has 27 heavy (non-hydrogen) atoms. The van der Waals surface area contributed by atoms with Crippen molar-refractivity contribution < 1.29 is 9.18 Å². The normalized spacial score (nSPS) is 15.8. The van der Waals surface area contributed by atoms with Gasteiger partial charge in [-0.05, 0) is 23.6 Å². The first-order chi connectivity index (χ1) is 13.0. The highest BCUT2D eigenvalue weighted by atomic mass is 19.1. The van der Waals surface area contributed by atoms with Gasteiger partial charge in [0.25, 0.3) is 0 Å². The second-order valence-electron chi connectivity index (χ2n) is 7.33. The second-order valence-corrected chi connectivity index (χ2v) is 7.33. The van der Waals surface area contributed by atoms with Crippen molar-refractivity contribution in [2.45, 2.75) is 46.2 Å². The van der Waals surface area contributed by atoms with E-state index in [1.165, 1.54) is 18.6 Å². The number of halogens is 1. The molecule has 1 N–H and O–H groups in total. The third-order valence-corrected chi connectivity index (χ3v) is 5.16. The van der Waals surface area contributed by atoms with Gasteiger partial charge in [0.2, 0.25) is 5.91 Å². The van der Waals surface area contributed by atoms with Crippen molar-refractivity contribution in [3.05, 3.63) is 47.3 Å². The molecule has 1 aromatic heterocycles. The first-order valence-electron chi connectivity index (χ1n) is 9.69. The molecule has 146 valence electrons. The largest absolute Gasteiger partial charge is 0.349 e. The van der Waals surface area contributed by atoms with E-state index < -0.39 is 0 Å². The molecule has 0 aliphatic carbocycles. The number of hydrogen-bond acceptors (Lipinski definition) is 4. The van der Waals surface area contributed by atoms with Crippen molar-refractivity contribution in [2.24, 2.45) is 5.92 Å². The van der Waals surface area contributed by atoms with Crippen molar-refractivity contribution in [1.29, 1.82) is 0 Å². The number of rotatable bonds is 7. The zero-order chi connectivity index (χ0) is 19.2. The van der Waals surface area contributed by atoms with Gasteiger partial charge in [-0.3, -0.25) is 4.79 Å². The Balaban J connectivity index is 1.54. The van der Waals surface area contributed by atoms with Crippen LogP contribution in [0.3, 0.4) is 0 Å².